The van der Waals surface area contributed by atoms with Gasteiger partial charge in [0.05, 0.1) is 0 Å². The second-order valence-corrected chi connectivity index (χ2v) is 1.37. The molecule has 0 aromatic heterocycles. The summed E-state index contributed by atoms with van der Waals surface area (Å²) in [4.78, 5) is 0. The van der Waals surface area contributed by atoms with E-state index in [0.717, 1.165) is 12.8 Å². The number of terminal acetylenes is 1. The van der Waals surface area contributed by atoms with E-state index in [1.54, 1.807) is 0 Å². The molecule has 0 aliphatic heterocycles. The van der Waals surface area contributed by atoms with Crippen LogP contribution in [0.3, 0.4) is 0 Å². The molecule has 0 fully saturated rings. The van der Waals surface area contributed by atoms with Gasteiger partial charge in [-0.1, -0.05) is 0 Å². The summed E-state index contributed by atoms with van der Waals surface area (Å²) < 4.78 is 0. The molecular formula is C5H7ClI2Mg. The SMILES string of the molecule is C#CCCCCl.[I-].[I-].[Mg+2]. The Hall–Kier alpha value is 2.08. The summed E-state index contributed by atoms with van der Waals surface area (Å²) in [6.07, 6.45) is 6.66. The molecule has 0 nitrogen and oxygen atoms in total. The second-order valence-electron chi connectivity index (χ2n) is 0.997. The molecule has 9 heavy (non-hydrogen) atoms. The van der Waals surface area contributed by atoms with Crippen LogP contribution in [-0.2, 0) is 0 Å². The average molecular weight is 381 g/mol. The molecule has 0 bridgehead atoms. The maximum absolute atomic E-state index is 5.28. The van der Waals surface area contributed by atoms with Crippen LogP contribution >= 0.6 is 11.6 Å². The van der Waals surface area contributed by atoms with Gasteiger partial charge in [0.15, 0.2) is 0 Å². The molecule has 0 aliphatic carbocycles. The van der Waals surface area contributed by atoms with Crippen molar-refractivity contribution in [2.75, 3.05) is 5.88 Å². The minimum Gasteiger partial charge on any atom is -1.00 e. The third-order valence-electron chi connectivity index (χ3n) is 0.455. The number of alkyl halides is 1. The van der Waals surface area contributed by atoms with Crippen LogP contribution in [0.4, 0.5) is 0 Å². The van der Waals surface area contributed by atoms with E-state index in [1.807, 2.05) is 0 Å². The molecule has 50 valence electrons. The molecule has 0 spiro atoms. The fourth-order valence-corrected chi connectivity index (χ4v) is 0.303. The van der Waals surface area contributed by atoms with Gasteiger partial charge in [0.25, 0.3) is 0 Å². The molecule has 0 unspecified atom stereocenters. The Kier molecular flexibility index (Phi) is 56.1. The first-order valence-electron chi connectivity index (χ1n) is 1.91. The van der Waals surface area contributed by atoms with E-state index >= 15 is 0 Å². The van der Waals surface area contributed by atoms with Crippen molar-refractivity contribution >= 4 is 34.7 Å². The van der Waals surface area contributed by atoms with Gasteiger partial charge in [-0.2, -0.15) is 0 Å². The molecule has 0 saturated heterocycles. The van der Waals surface area contributed by atoms with Gasteiger partial charge in [-0.05, 0) is 6.42 Å². The smallest absolute Gasteiger partial charge is 1.00 e. The summed E-state index contributed by atoms with van der Waals surface area (Å²) in [5, 5.41) is 0. The zero-order valence-electron chi connectivity index (χ0n) is 5.04. The van der Waals surface area contributed by atoms with E-state index in [9.17, 15) is 0 Å². The number of hydrogen-bond acceptors (Lipinski definition) is 0. The molecule has 0 radical (unpaired) electrons. The second kappa shape index (κ2) is 22.5. The maximum Gasteiger partial charge on any atom is 2.00 e. The van der Waals surface area contributed by atoms with Crippen molar-refractivity contribution in [1.29, 1.82) is 0 Å². The molecule has 0 atom stereocenters. The van der Waals surface area contributed by atoms with Crippen LogP contribution < -0.4 is 48.0 Å². The summed E-state index contributed by atoms with van der Waals surface area (Å²) in [5.74, 6) is 3.17. The van der Waals surface area contributed by atoms with Gasteiger partial charge in [0.1, 0.15) is 0 Å². The molecule has 0 heterocycles. The minimum absolute atomic E-state index is 0. The predicted octanol–water partition coefficient (Wildman–Crippen LogP) is -4.73. The molecule has 0 aromatic rings. The van der Waals surface area contributed by atoms with E-state index in [2.05, 4.69) is 5.92 Å². The normalized spacial score (nSPS) is 4.89. The number of rotatable bonds is 2. The Morgan fingerprint density at radius 1 is 1.33 bits per heavy atom. The average Bonchev–Trinajstić information content (AvgIpc) is 1.61. The van der Waals surface area contributed by atoms with Crippen molar-refractivity contribution in [2.24, 2.45) is 0 Å². The molecule has 0 N–H and O–H groups in total. The summed E-state index contributed by atoms with van der Waals surface area (Å²) in [7, 11) is 0. The van der Waals surface area contributed by atoms with Crippen LogP contribution in [0.15, 0.2) is 0 Å². The molecule has 4 heteroatoms. The van der Waals surface area contributed by atoms with Gasteiger partial charge in [-0.3, -0.25) is 0 Å². The van der Waals surface area contributed by atoms with Crippen molar-refractivity contribution in [3.8, 4) is 12.3 Å². The van der Waals surface area contributed by atoms with Gasteiger partial charge >= 0.3 is 23.1 Å². The zero-order chi connectivity index (χ0) is 4.83. The quantitative estimate of drug-likeness (QED) is 0.148. The van der Waals surface area contributed by atoms with E-state index in [1.165, 1.54) is 0 Å². The van der Waals surface area contributed by atoms with Crippen molar-refractivity contribution in [3.05, 3.63) is 0 Å². The van der Waals surface area contributed by atoms with Gasteiger partial charge in [-0.25, -0.2) is 0 Å². The van der Waals surface area contributed by atoms with Crippen molar-refractivity contribution in [3.63, 3.8) is 0 Å². The van der Waals surface area contributed by atoms with Gasteiger partial charge in [0.2, 0.25) is 0 Å². The van der Waals surface area contributed by atoms with E-state index < -0.39 is 0 Å². The monoisotopic (exact) mass is 380 g/mol. The first-order chi connectivity index (χ1) is 2.91. The van der Waals surface area contributed by atoms with Crippen LogP contribution in [0, 0.1) is 12.3 Å². The third-order valence-corrected chi connectivity index (χ3v) is 0.722. The van der Waals surface area contributed by atoms with Gasteiger partial charge < -0.3 is 48.0 Å². The largest absolute Gasteiger partial charge is 2.00 e. The van der Waals surface area contributed by atoms with Gasteiger partial charge in [0, 0.05) is 12.3 Å². The van der Waals surface area contributed by atoms with E-state index in [4.69, 9.17) is 18.0 Å². The standard InChI is InChI=1S/C5H7Cl.2HI.Mg/c1-2-3-4-5-6;;;/h1H,3-5H2;2*1H;/q;;;+2/p-2. The molecule has 0 aromatic carbocycles. The van der Waals surface area contributed by atoms with Crippen LogP contribution in [0.5, 0.6) is 0 Å². The van der Waals surface area contributed by atoms with Crippen LogP contribution in [0.25, 0.3) is 0 Å². The summed E-state index contributed by atoms with van der Waals surface area (Å²) >= 11 is 5.28. The first-order valence-corrected chi connectivity index (χ1v) is 2.44. The van der Waals surface area contributed by atoms with Crippen LogP contribution in [-0.4, -0.2) is 28.9 Å². The Balaban J connectivity index is -0.0000000417. The number of halogens is 3. The van der Waals surface area contributed by atoms with Crippen molar-refractivity contribution < 1.29 is 48.0 Å². The van der Waals surface area contributed by atoms with Crippen molar-refractivity contribution in [1.82, 2.24) is 0 Å². The van der Waals surface area contributed by atoms with Crippen molar-refractivity contribution in [2.45, 2.75) is 12.8 Å². The van der Waals surface area contributed by atoms with Crippen LogP contribution in [0.2, 0.25) is 0 Å². The molecule has 0 aliphatic rings. The van der Waals surface area contributed by atoms with Gasteiger partial charge in [-0.15, -0.1) is 23.9 Å². The molecule has 0 rings (SSSR count). The Labute approximate surface area is 112 Å². The predicted molar refractivity (Wildman–Crippen MR) is 34.5 cm³/mol. The first kappa shape index (κ1) is 22.5. The van der Waals surface area contributed by atoms with Crippen LogP contribution in [0.1, 0.15) is 12.8 Å². The third kappa shape index (κ3) is 25.5. The fourth-order valence-electron chi connectivity index (χ4n) is 0.169. The maximum atomic E-state index is 5.28. The zero-order valence-corrected chi connectivity index (χ0v) is 11.5. The molecule has 0 saturated carbocycles. The van der Waals surface area contributed by atoms with E-state index in [-0.39, 0.29) is 71.0 Å². The topological polar surface area (TPSA) is 0 Å². The number of unbranched alkanes of at least 4 members (excludes halogenated alkanes) is 1. The summed E-state index contributed by atoms with van der Waals surface area (Å²) in [5.41, 5.74) is 0. The minimum atomic E-state index is 0. The number of hydrogen-bond donors (Lipinski definition) is 0. The van der Waals surface area contributed by atoms with E-state index in [0.29, 0.717) is 5.88 Å². The Morgan fingerprint density at radius 3 is 1.89 bits per heavy atom. The molecule has 0 amide bonds. The fraction of sp³-hybridized carbons (Fsp3) is 0.600. The molecular weight excluding hydrogens is 374 g/mol. The summed E-state index contributed by atoms with van der Waals surface area (Å²) in [6, 6.07) is 0. The Morgan fingerprint density at radius 2 is 1.78 bits per heavy atom. The summed E-state index contributed by atoms with van der Waals surface area (Å²) in [6.45, 7) is 0. The Bertz CT molecular complexity index is 62.5.